The third-order valence-electron chi connectivity index (χ3n) is 2.65. The van der Waals surface area contributed by atoms with Gasteiger partial charge in [0, 0.05) is 0 Å². The topological polar surface area (TPSA) is 55.8 Å². The average molecular weight is 249 g/mol. The molecule has 5 heteroatoms. The summed E-state index contributed by atoms with van der Waals surface area (Å²) in [6.07, 6.45) is 0. The Morgan fingerprint density at radius 1 is 1.44 bits per heavy atom. The van der Waals surface area contributed by atoms with Gasteiger partial charge in [-0.2, -0.15) is 0 Å². The van der Waals surface area contributed by atoms with Crippen molar-refractivity contribution >= 4 is 11.9 Å². The van der Waals surface area contributed by atoms with Gasteiger partial charge < -0.3 is 14.4 Å². The van der Waals surface area contributed by atoms with E-state index in [9.17, 15) is 9.59 Å². The van der Waals surface area contributed by atoms with Gasteiger partial charge in [0.25, 0.3) is 5.91 Å². The fraction of sp³-hybridized carbons (Fsp3) is 0.385. The van der Waals surface area contributed by atoms with Gasteiger partial charge in [-0.15, -0.1) is 0 Å². The summed E-state index contributed by atoms with van der Waals surface area (Å²) >= 11 is 0. The molecule has 0 aromatic heterocycles. The molecule has 5 nitrogen and oxygen atoms in total. The molecule has 0 aliphatic carbocycles. The van der Waals surface area contributed by atoms with Crippen LogP contribution in [0.5, 0.6) is 5.75 Å². The van der Waals surface area contributed by atoms with Crippen LogP contribution in [0.4, 0.5) is 0 Å². The van der Waals surface area contributed by atoms with Gasteiger partial charge in [0.15, 0.2) is 0 Å². The van der Waals surface area contributed by atoms with Gasteiger partial charge in [-0.25, -0.2) is 0 Å². The largest absolute Gasteiger partial charge is 0.491 e. The Hall–Kier alpha value is -2.04. The summed E-state index contributed by atoms with van der Waals surface area (Å²) in [5.41, 5.74) is 0.485. The van der Waals surface area contributed by atoms with Crippen molar-refractivity contribution in [3.8, 4) is 5.75 Å². The lowest BCUT2D eigenvalue weighted by Gasteiger charge is -2.18. The molecule has 0 N–H and O–H groups in total. The summed E-state index contributed by atoms with van der Waals surface area (Å²) in [4.78, 5) is 25.1. The number of para-hydroxylation sites is 1. The third kappa shape index (κ3) is 2.61. The highest BCUT2D eigenvalue weighted by Crippen LogP contribution is 2.22. The number of fused-ring (bicyclic) bond motifs is 1. The van der Waals surface area contributed by atoms with E-state index in [1.54, 1.807) is 25.1 Å². The first-order chi connectivity index (χ1) is 8.72. The molecule has 1 heterocycles. The van der Waals surface area contributed by atoms with Crippen molar-refractivity contribution in [3.63, 3.8) is 0 Å². The number of rotatable bonds is 3. The van der Waals surface area contributed by atoms with Gasteiger partial charge in [0.05, 0.1) is 18.7 Å². The van der Waals surface area contributed by atoms with Gasteiger partial charge in [-0.05, 0) is 19.1 Å². The molecule has 0 spiro atoms. The smallest absolute Gasteiger partial charge is 0.325 e. The van der Waals surface area contributed by atoms with Gasteiger partial charge >= 0.3 is 5.97 Å². The maximum atomic E-state index is 12.2. The van der Waals surface area contributed by atoms with E-state index in [-0.39, 0.29) is 12.5 Å². The summed E-state index contributed by atoms with van der Waals surface area (Å²) in [7, 11) is 0. The maximum Gasteiger partial charge on any atom is 0.325 e. The second-order valence-corrected chi connectivity index (χ2v) is 3.88. The second kappa shape index (κ2) is 5.53. The molecule has 0 fully saturated rings. The predicted octanol–water partition coefficient (Wildman–Crippen LogP) is 1.08. The molecule has 0 saturated heterocycles. The maximum absolute atomic E-state index is 12.2. The van der Waals surface area contributed by atoms with Crippen LogP contribution in [0.15, 0.2) is 24.3 Å². The number of hydrogen-bond acceptors (Lipinski definition) is 4. The Kier molecular flexibility index (Phi) is 3.82. The standard InChI is InChI=1S/C13H15NO4/c1-2-17-12(15)9-14-7-8-18-11-6-4-3-5-10(11)13(14)16/h3-6H,2,7-9H2,1H3. The molecule has 96 valence electrons. The Bertz CT molecular complexity index is 458. The van der Waals surface area contributed by atoms with E-state index < -0.39 is 5.97 Å². The Labute approximate surface area is 105 Å². The number of nitrogens with zero attached hydrogens (tertiary/aromatic N) is 1. The Morgan fingerprint density at radius 2 is 2.22 bits per heavy atom. The first-order valence-electron chi connectivity index (χ1n) is 5.89. The van der Waals surface area contributed by atoms with Crippen LogP contribution >= 0.6 is 0 Å². The molecule has 1 aromatic rings. The molecule has 2 rings (SSSR count). The van der Waals surface area contributed by atoms with Crippen molar-refractivity contribution in [2.24, 2.45) is 0 Å². The van der Waals surface area contributed by atoms with E-state index in [0.717, 1.165) is 0 Å². The van der Waals surface area contributed by atoms with Crippen LogP contribution in [0.1, 0.15) is 17.3 Å². The SMILES string of the molecule is CCOC(=O)CN1CCOc2ccccc2C1=O. The number of benzene rings is 1. The minimum absolute atomic E-state index is 0.0373. The van der Waals surface area contributed by atoms with Crippen molar-refractivity contribution in [3.05, 3.63) is 29.8 Å². The molecule has 0 atom stereocenters. The molecule has 1 aromatic carbocycles. The molecular weight excluding hydrogens is 234 g/mol. The summed E-state index contributed by atoms with van der Waals surface area (Å²) < 4.78 is 10.3. The van der Waals surface area contributed by atoms with Crippen molar-refractivity contribution in [1.29, 1.82) is 0 Å². The molecule has 1 aliphatic rings. The van der Waals surface area contributed by atoms with E-state index in [4.69, 9.17) is 9.47 Å². The number of esters is 1. The number of carbonyl (C=O) groups is 2. The van der Waals surface area contributed by atoms with Gasteiger partial charge in [0.1, 0.15) is 18.9 Å². The Balaban J connectivity index is 2.15. The van der Waals surface area contributed by atoms with E-state index in [1.165, 1.54) is 4.90 Å². The minimum Gasteiger partial charge on any atom is -0.491 e. The van der Waals surface area contributed by atoms with Crippen molar-refractivity contribution in [2.45, 2.75) is 6.92 Å². The number of carbonyl (C=O) groups excluding carboxylic acids is 2. The minimum atomic E-state index is -0.398. The van der Waals surface area contributed by atoms with Crippen molar-refractivity contribution in [2.75, 3.05) is 26.3 Å². The van der Waals surface area contributed by atoms with E-state index >= 15 is 0 Å². The fourth-order valence-corrected chi connectivity index (χ4v) is 1.82. The van der Waals surface area contributed by atoms with E-state index in [0.29, 0.717) is 31.1 Å². The van der Waals surface area contributed by atoms with Gasteiger partial charge in [-0.3, -0.25) is 9.59 Å². The zero-order valence-corrected chi connectivity index (χ0v) is 10.2. The Morgan fingerprint density at radius 3 is 3.00 bits per heavy atom. The number of ether oxygens (including phenoxy) is 2. The first kappa shape index (κ1) is 12.4. The zero-order chi connectivity index (χ0) is 13.0. The number of hydrogen-bond donors (Lipinski definition) is 0. The van der Waals surface area contributed by atoms with Crippen LogP contribution in [-0.4, -0.2) is 43.1 Å². The molecule has 1 amide bonds. The van der Waals surface area contributed by atoms with Gasteiger partial charge in [0.2, 0.25) is 0 Å². The summed E-state index contributed by atoms with van der Waals surface area (Å²) in [6.45, 7) is 2.77. The van der Waals surface area contributed by atoms with Crippen LogP contribution < -0.4 is 4.74 Å². The third-order valence-corrected chi connectivity index (χ3v) is 2.65. The van der Waals surface area contributed by atoms with E-state index in [2.05, 4.69) is 0 Å². The van der Waals surface area contributed by atoms with Crippen LogP contribution in [0.2, 0.25) is 0 Å². The molecule has 18 heavy (non-hydrogen) atoms. The molecular formula is C13H15NO4. The number of amides is 1. The molecule has 0 unspecified atom stereocenters. The van der Waals surface area contributed by atoms with Crippen LogP contribution in [0.25, 0.3) is 0 Å². The quantitative estimate of drug-likeness (QED) is 0.752. The monoisotopic (exact) mass is 249 g/mol. The lowest BCUT2D eigenvalue weighted by molar-refractivity contribution is -0.143. The van der Waals surface area contributed by atoms with Crippen LogP contribution in [-0.2, 0) is 9.53 Å². The fourth-order valence-electron chi connectivity index (χ4n) is 1.82. The average Bonchev–Trinajstić information content (AvgIpc) is 2.51. The first-order valence-corrected chi connectivity index (χ1v) is 5.89. The molecule has 0 bridgehead atoms. The lowest BCUT2D eigenvalue weighted by atomic mass is 10.2. The molecule has 0 radical (unpaired) electrons. The highest BCUT2D eigenvalue weighted by atomic mass is 16.5. The highest BCUT2D eigenvalue weighted by Gasteiger charge is 2.24. The summed E-state index contributed by atoms with van der Waals surface area (Å²) in [5, 5.41) is 0. The second-order valence-electron chi connectivity index (χ2n) is 3.88. The van der Waals surface area contributed by atoms with E-state index in [1.807, 2.05) is 6.07 Å². The lowest BCUT2D eigenvalue weighted by Crippen LogP contribution is -2.37. The van der Waals surface area contributed by atoms with Crippen LogP contribution in [0, 0.1) is 0 Å². The van der Waals surface area contributed by atoms with Gasteiger partial charge in [-0.1, -0.05) is 12.1 Å². The summed E-state index contributed by atoms with van der Waals surface area (Å²) in [5.74, 6) is -0.0322. The van der Waals surface area contributed by atoms with Crippen molar-refractivity contribution < 1.29 is 19.1 Å². The zero-order valence-electron chi connectivity index (χ0n) is 10.2. The molecule has 0 saturated carbocycles. The highest BCUT2D eigenvalue weighted by molar-refractivity contribution is 5.98. The summed E-state index contributed by atoms with van der Waals surface area (Å²) in [6, 6.07) is 7.03. The molecule has 1 aliphatic heterocycles. The predicted molar refractivity (Wildman–Crippen MR) is 64.5 cm³/mol. The van der Waals surface area contributed by atoms with Crippen molar-refractivity contribution in [1.82, 2.24) is 4.90 Å². The van der Waals surface area contributed by atoms with Crippen LogP contribution in [0.3, 0.4) is 0 Å². The normalized spacial score (nSPS) is 14.5.